The molecule has 0 amide bonds. The summed E-state index contributed by atoms with van der Waals surface area (Å²) < 4.78 is 4.97. The van der Waals surface area contributed by atoms with Gasteiger partial charge in [-0.1, -0.05) is 70.9 Å². The monoisotopic (exact) mass is 348 g/mol. The van der Waals surface area contributed by atoms with Gasteiger partial charge in [0.1, 0.15) is 0 Å². The minimum atomic E-state index is -1.06. The molecule has 0 radical (unpaired) electrons. The third-order valence-corrected chi connectivity index (χ3v) is 6.31. The summed E-state index contributed by atoms with van der Waals surface area (Å²) in [5.41, 5.74) is 1.67. The smallest absolute Gasteiger partial charge is 0.614 e. The van der Waals surface area contributed by atoms with Gasteiger partial charge in [0, 0.05) is 22.1 Å². The van der Waals surface area contributed by atoms with E-state index in [2.05, 4.69) is 52.3 Å². The molecule has 0 aromatic heterocycles. The van der Waals surface area contributed by atoms with Crippen molar-refractivity contribution in [1.29, 1.82) is 0 Å². The fourth-order valence-electron chi connectivity index (χ4n) is 2.63. The van der Waals surface area contributed by atoms with Crippen LogP contribution in [0, 0.1) is 5.92 Å². The van der Waals surface area contributed by atoms with Crippen LogP contribution in [0.25, 0.3) is 0 Å². The van der Waals surface area contributed by atoms with E-state index in [0.717, 1.165) is 12.8 Å². The van der Waals surface area contributed by atoms with Crippen LogP contribution in [0.1, 0.15) is 26.7 Å². The van der Waals surface area contributed by atoms with Crippen LogP contribution in [0.15, 0.2) is 23.7 Å². The van der Waals surface area contributed by atoms with Crippen molar-refractivity contribution >= 4 is 16.1 Å². The zero-order valence-electron chi connectivity index (χ0n) is 17.1. The Morgan fingerprint density at radius 3 is 1.91 bits per heavy atom. The topological polar surface area (TPSA) is 32.3 Å². The predicted molar refractivity (Wildman–Crippen MR) is 102 cm³/mol. The molecule has 0 spiro atoms. The van der Waals surface area contributed by atoms with Crippen molar-refractivity contribution in [2.75, 3.05) is 6.61 Å². The van der Waals surface area contributed by atoms with E-state index in [0.29, 0.717) is 6.61 Å². The summed E-state index contributed by atoms with van der Waals surface area (Å²) in [7, 11) is -2.12. The van der Waals surface area contributed by atoms with E-state index in [9.17, 15) is 5.11 Å². The number of hydrogen-bond donors (Lipinski definition) is 0. The van der Waals surface area contributed by atoms with Crippen molar-refractivity contribution in [1.82, 2.24) is 0 Å². The summed E-state index contributed by atoms with van der Waals surface area (Å²) in [6.45, 7) is 19.1. The molecule has 0 bridgehead atoms. The van der Waals surface area contributed by atoms with Gasteiger partial charge in [0.15, 0.2) is 0 Å². The van der Waals surface area contributed by atoms with Gasteiger partial charge in [-0.05, 0) is 37.5 Å². The van der Waals surface area contributed by atoms with E-state index < -0.39 is 16.1 Å². The molecular weight excluding hydrogens is 311 g/mol. The molecule has 0 N–H and O–H groups in total. The second kappa shape index (κ2) is 11.6. The molecule has 0 saturated carbocycles. The van der Waals surface area contributed by atoms with Gasteiger partial charge >= 0.3 is 18.9 Å². The molecule has 0 aromatic carbocycles. The Labute approximate surface area is 159 Å². The predicted octanol–water partition coefficient (Wildman–Crippen LogP) is 2.25. The van der Waals surface area contributed by atoms with Crippen molar-refractivity contribution < 1.29 is 28.7 Å². The van der Waals surface area contributed by atoms with Crippen molar-refractivity contribution in [2.24, 2.45) is 5.92 Å². The van der Waals surface area contributed by atoms with E-state index >= 15 is 0 Å². The van der Waals surface area contributed by atoms with Crippen molar-refractivity contribution in [3.8, 4) is 0 Å². The van der Waals surface area contributed by atoms with Gasteiger partial charge in [-0.2, -0.15) is 0 Å². The van der Waals surface area contributed by atoms with Crippen LogP contribution in [-0.2, 0) is 4.74 Å². The summed E-state index contributed by atoms with van der Waals surface area (Å²) >= 11 is 0. The van der Waals surface area contributed by atoms with Crippen LogP contribution in [-0.4, -0.2) is 22.8 Å². The zero-order chi connectivity index (χ0) is 17.4. The van der Waals surface area contributed by atoms with E-state index in [1.165, 1.54) is 12.1 Å². The Balaban J connectivity index is 0. The molecule has 0 rings (SSSR count). The maximum Gasteiger partial charge on any atom is 1.00 e. The maximum absolute atomic E-state index is 11.4. The van der Waals surface area contributed by atoms with Gasteiger partial charge in [0.2, 0.25) is 0 Å². The molecule has 0 fully saturated rings. The Morgan fingerprint density at radius 2 is 1.52 bits per heavy atom. The van der Waals surface area contributed by atoms with E-state index in [1.807, 2.05) is 6.92 Å². The van der Waals surface area contributed by atoms with E-state index in [1.54, 1.807) is 11.6 Å². The van der Waals surface area contributed by atoms with Crippen LogP contribution >= 0.6 is 0 Å². The standard InChI is InChI=1S/C18H38O2Si2.Li/c1-9-20-18(19)13-16(2)11-10-12-17(14-21(3,4)5)15-22(6,7)8;/h12-13,16,19H,9-11,14-15H2,1-8H3;/q;+1/p-1/b18-13-;. The van der Waals surface area contributed by atoms with Crippen LogP contribution < -0.4 is 24.0 Å². The van der Waals surface area contributed by atoms with Gasteiger partial charge < -0.3 is 9.84 Å². The number of hydrogen-bond acceptors (Lipinski definition) is 2. The normalized spacial score (nSPS) is 14.0. The SMILES string of the molecule is CCO/C([O-])=C\C(C)CCC=C(C[Si](C)(C)C)C[Si](C)(C)C.[Li+]. The van der Waals surface area contributed by atoms with Crippen molar-refractivity contribution in [3.63, 3.8) is 0 Å². The summed E-state index contributed by atoms with van der Waals surface area (Å²) in [6.07, 6.45) is 6.28. The average molecular weight is 349 g/mol. The van der Waals surface area contributed by atoms with E-state index in [-0.39, 0.29) is 30.7 Å². The maximum atomic E-state index is 11.4. The Morgan fingerprint density at radius 1 is 1.04 bits per heavy atom. The largest absolute Gasteiger partial charge is 1.00 e. The Bertz CT molecular complexity index is 361. The minimum absolute atomic E-state index is 0. The second-order valence-corrected chi connectivity index (χ2v) is 19.8. The molecular formula is C18H37LiO2Si2. The van der Waals surface area contributed by atoms with Gasteiger partial charge in [0.05, 0.1) is 0 Å². The minimum Gasteiger partial charge on any atom is -0.614 e. The van der Waals surface area contributed by atoms with Crippen LogP contribution in [0.2, 0.25) is 51.4 Å². The third kappa shape index (κ3) is 16.7. The van der Waals surface area contributed by atoms with Crippen LogP contribution in [0.4, 0.5) is 0 Å². The Hall–Kier alpha value is 0.111. The fourth-order valence-corrected chi connectivity index (χ4v) is 6.14. The molecule has 5 heteroatoms. The first-order valence-electron chi connectivity index (χ1n) is 8.62. The molecule has 0 saturated heterocycles. The summed E-state index contributed by atoms with van der Waals surface area (Å²) in [5, 5.41) is 11.4. The molecule has 0 heterocycles. The quantitative estimate of drug-likeness (QED) is 0.345. The number of allylic oxidation sites excluding steroid dienone is 3. The molecule has 1 atom stereocenters. The van der Waals surface area contributed by atoms with Gasteiger partial charge in [-0.3, -0.25) is 0 Å². The first-order chi connectivity index (χ1) is 9.93. The Kier molecular flexibility index (Phi) is 12.8. The van der Waals surface area contributed by atoms with Gasteiger partial charge in [0.25, 0.3) is 0 Å². The molecule has 0 aliphatic carbocycles. The van der Waals surface area contributed by atoms with Crippen LogP contribution in [0.3, 0.4) is 0 Å². The fraction of sp³-hybridized carbons (Fsp3) is 0.778. The zero-order valence-corrected chi connectivity index (χ0v) is 19.1. The average Bonchev–Trinajstić information content (AvgIpc) is 2.23. The van der Waals surface area contributed by atoms with Crippen LogP contribution in [0.5, 0.6) is 0 Å². The second-order valence-electron chi connectivity index (χ2n) is 8.81. The summed E-state index contributed by atoms with van der Waals surface area (Å²) in [4.78, 5) is 0. The molecule has 0 aliphatic rings. The third-order valence-electron chi connectivity index (χ3n) is 3.28. The number of rotatable bonds is 10. The number of ether oxygens (including phenoxy) is 1. The summed E-state index contributed by atoms with van der Waals surface area (Å²) in [6, 6.07) is 2.63. The summed E-state index contributed by atoms with van der Waals surface area (Å²) in [5.74, 6) is 0.110. The van der Waals surface area contributed by atoms with Crippen molar-refractivity contribution in [2.45, 2.75) is 78.1 Å². The van der Waals surface area contributed by atoms with Gasteiger partial charge in [-0.15, -0.1) is 0 Å². The molecule has 0 aromatic rings. The first kappa shape index (κ1) is 25.4. The van der Waals surface area contributed by atoms with Crippen molar-refractivity contribution in [3.05, 3.63) is 23.7 Å². The molecule has 23 heavy (non-hydrogen) atoms. The first-order valence-corrected chi connectivity index (χ1v) is 16.0. The molecule has 0 aliphatic heterocycles. The molecule has 1 unspecified atom stereocenters. The molecule has 130 valence electrons. The molecule has 2 nitrogen and oxygen atoms in total. The van der Waals surface area contributed by atoms with E-state index in [4.69, 9.17) is 4.74 Å². The van der Waals surface area contributed by atoms with Gasteiger partial charge in [-0.25, -0.2) is 0 Å².